The van der Waals surface area contributed by atoms with Crippen LogP contribution >= 0.6 is 0 Å². The molecule has 2 nitrogen and oxygen atoms in total. The molecular formula is C17H16N2. The van der Waals surface area contributed by atoms with Crippen LogP contribution in [0.5, 0.6) is 0 Å². The number of benzene rings is 1. The lowest BCUT2D eigenvalue weighted by atomic mass is 10.0. The van der Waals surface area contributed by atoms with Crippen molar-refractivity contribution in [1.82, 2.24) is 9.97 Å². The third kappa shape index (κ3) is 2.10. The minimum absolute atomic E-state index is 0.987. The van der Waals surface area contributed by atoms with Crippen molar-refractivity contribution >= 4 is 10.8 Å². The molecule has 2 aromatic heterocycles. The standard InChI is InChI=1S/C17H16N2/c1-11-7-15-9-17(14-5-4-6-18-10-14)19-13(3)16(15)8-12(11)2/h4-10H,1-3H3. The maximum Gasteiger partial charge on any atom is 0.0727 e. The van der Waals surface area contributed by atoms with Crippen LogP contribution in [0.1, 0.15) is 16.8 Å². The van der Waals surface area contributed by atoms with Gasteiger partial charge in [-0.05, 0) is 61.5 Å². The fourth-order valence-corrected chi connectivity index (χ4v) is 2.35. The maximum atomic E-state index is 4.70. The number of hydrogen-bond acceptors (Lipinski definition) is 2. The van der Waals surface area contributed by atoms with Crippen LogP contribution in [-0.2, 0) is 0 Å². The zero-order chi connectivity index (χ0) is 13.4. The number of aromatic nitrogens is 2. The van der Waals surface area contributed by atoms with E-state index in [0.717, 1.165) is 17.0 Å². The fraction of sp³-hybridized carbons (Fsp3) is 0.176. The Morgan fingerprint density at radius 2 is 1.74 bits per heavy atom. The van der Waals surface area contributed by atoms with Crippen LogP contribution in [0.25, 0.3) is 22.0 Å². The summed E-state index contributed by atoms with van der Waals surface area (Å²) in [6.07, 6.45) is 3.64. The molecular weight excluding hydrogens is 232 g/mol. The van der Waals surface area contributed by atoms with Crippen molar-refractivity contribution in [3.05, 3.63) is 59.5 Å². The second kappa shape index (κ2) is 4.47. The summed E-state index contributed by atoms with van der Waals surface area (Å²) < 4.78 is 0. The molecule has 0 N–H and O–H groups in total. The van der Waals surface area contributed by atoms with Crippen LogP contribution in [0.15, 0.2) is 42.7 Å². The summed E-state index contributed by atoms with van der Waals surface area (Å²) in [6.45, 7) is 6.36. The molecule has 0 bridgehead atoms. The highest BCUT2D eigenvalue weighted by Crippen LogP contribution is 2.26. The van der Waals surface area contributed by atoms with Gasteiger partial charge in [0, 0.05) is 29.0 Å². The largest absolute Gasteiger partial charge is 0.264 e. The summed E-state index contributed by atoms with van der Waals surface area (Å²) in [4.78, 5) is 8.86. The number of aryl methyl sites for hydroxylation is 3. The Morgan fingerprint density at radius 1 is 0.947 bits per heavy atom. The molecule has 1 aromatic carbocycles. The Balaban J connectivity index is 2.28. The Labute approximate surface area is 113 Å². The highest BCUT2D eigenvalue weighted by molar-refractivity contribution is 5.89. The molecule has 0 fully saturated rings. The molecule has 0 unspecified atom stereocenters. The summed E-state index contributed by atoms with van der Waals surface area (Å²) in [5.41, 5.74) is 5.74. The molecule has 94 valence electrons. The number of hydrogen-bond donors (Lipinski definition) is 0. The van der Waals surface area contributed by atoms with Crippen LogP contribution in [-0.4, -0.2) is 9.97 Å². The average Bonchev–Trinajstić information content (AvgIpc) is 2.42. The van der Waals surface area contributed by atoms with Gasteiger partial charge in [0.1, 0.15) is 0 Å². The molecule has 0 aliphatic rings. The molecule has 3 aromatic rings. The van der Waals surface area contributed by atoms with E-state index in [2.05, 4.69) is 44.0 Å². The highest BCUT2D eigenvalue weighted by Gasteiger charge is 2.06. The fourth-order valence-electron chi connectivity index (χ4n) is 2.35. The molecule has 0 atom stereocenters. The van der Waals surface area contributed by atoms with E-state index in [0.29, 0.717) is 0 Å². The lowest BCUT2D eigenvalue weighted by Gasteiger charge is -2.09. The van der Waals surface area contributed by atoms with Crippen molar-refractivity contribution in [2.24, 2.45) is 0 Å². The molecule has 2 heterocycles. The van der Waals surface area contributed by atoms with Crippen molar-refractivity contribution in [3.63, 3.8) is 0 Å². The maximum absolute atomic E-state index is 4.70. The van der Waals surface area contributed by atoms with Gasteiger partial charge in [-0.3, -0.25) is 9.97 Å². The van der Waals surface area contributed by atoms with E-state index in [-0.39, 0.29) is 0 Å². The van der Waals surface area contributed by atoms with Crippen molar-refractivity contribution in [1.29, 1.82) is 0 Å². The number of rotatable bonds is 1. The van der Waals surface area contributed by atoms with Crippen LogP contribution in [0.4, 0.5) is 0 Å². The van der Waals surface area contributed by atoms with Gasteiger partial charge in [0.2, 0.25) is 0 Å². The van der Waals surface area contributed by atoms with Gasteiger partial charge in [-0.2, -0.15) is 0 Å². The predicted octanol–water partition coefficient (Wildman–Crippen LogP) is 4.22. The van der Waals surface area contributed by atoms with Crippen LogP contribution in [0.2, 0.25) is 0 Å². The third-order valence-corrected chi connectivity index (χ3v) is 3.59. The summed E-state index contributed by atoms with van der Waals surface area (Å²) in [7, 11) is 0. The van der Waals surface area contributed by atoms with Gasteiger partial charge in [-0.1, -0.05) is 6.07 Å². The molecule has 0 aliphatic carbocycles. The van der Waals surface area contributed by atoms with Gasteiger partial charge < -0.3 is 0 Å². The quantitative estimate of drug-likeness (QED) is 0.644. The first-order valence-corrected chi connectivity index (χ1v) is 6.44. The minimum atomic E-state index is 0.987. The summed E-state index contributed by atoms with van der Waals surface area (Å²) >= 11 is 0. The molecule has 19 heavy (non-hydrogen) atoms. The van der Waals surface area contributed by atoms with E-state index in [9.17, 15) is 0 Å². The number of pyridine rings is 2. The molecule has 2 heteroatoms. The highest BCUT2D eigenvalue weighted by atomic mass is 14.7. The molecule has 0 spiro atoms. The Kier molecular flexibility index (Phi) is 2.79. The Hall–Kier alpha value is -2.22. The van der Waals surface area contributed by atoms with Crippen molar-refractivity contribution in [3.8, 4) is 11.3 Å². The molecule has 0 radical (unpaired) electrons. The van der Waals surface area contributed by atoms with Crippen molar-refractivity contribution < 1.29 is 0 Å². The number of fused-ring (bicyclic) bond motifs is 1. The summed E-state index contributed by atoms with van der Waals surface area (Å²) in [5, 5.41) is 2.48. The molecule has 3 rings (SSSR count). The lowest BCUT2D eigenvalue weighted by Crippen LogP contribution is -1.92. The second-order valence-corrected chi connectivity index (χ2v) is 4.99. The van der Waals surface area contributed by atoms with Crippen molar-refractivity contribution in [2.75, 3.05) is 0 Å². The summed E-state index contributed by atoms with van der Waals surface area (Å²) in [5.74, 6) is 0. The topological polar surface area (TPSA) is 25.8 Å². The first kappa shape index (κ1) is 11.8. The van der Waals surface area contributed by atoms with E-state index in [1.165, 1.54) is 21.9 Å². The first-order chi connectivity index (χ1) is 9.15. The molecule has 0 amide bonds. The predicted molar refractivity (Wildman–Crippen MR) is 79.2 cm³/mol. The average molecular weight is 248 g/mol. The van der Waals surface area contributed by atoms with E-state index in [1.807, 2.05) is 18.3 Å². The Bertz CT molecular complexity index is 746. The van der Waals surface area contributed by atoms with E-state index >= 15 is 0 Å². The second-order valence-electron chi connectivity index (χ2n) is 4.99. The van der Waals surface area contributed by atoms with Crippen LogP contribution < -0.4 is 0 Å². The molecule has 0 saturated heterocycles. The SMILES string of the molecule is Cc1cc2cc(-c3cccnc3)nc(C)c2cc1C. The molecule has 0 aliphatic heterocycles. The van der Waals surface area contributed by atoms with Gasteiger partial charge in [0.25, 0.3) is 0 Å². The van der Waals surface area contributed by atoms with Gasteiger partial charge in [-0.15, -0.1) is 0 Å². The monoisotopic (exact) mass is 248 g/mol. The summed E-state index contributed by atoms with van der Waals surface area (Å²) in [6, 6.07) is 10.6. The van der Waals surface area contributed by atoms with Crippen LogP contribution in [0, 0.1) is 20.8 Å². The van der Waals surface area contributed by atoms with Crippen LogP contribution in [0.3, 0.4) is 0 Å². The van der Waals surface area contributed by atoms with E-state index < -0.39 is 0 Å². The van der Waals surface area contributed by atoms with Gasteiger partial charge in [-0.25, -0.2) is 0 Å². The van der Waals surface area contributed by atoms with Gasteiger partial charge >= 0.3 is 0 Å². The van der Waals surface area contributed by atoms with Crippen molar-refractivity contribution in [2.45, 2.75) is 20.8 Å². The number of nitrogens with zero attached hydrogens (tertiary/aromatic N) is 2. The minimum Gasteiger partial charge on any atom is -0.264 e. The lowest BCUT2D eigenvalue weighted by molar-refractivity contribution is 1.22. The van der Waals surface area contributed by atoms with Gasteiger partial charge in [0.15, 0.2) is 0 Å². The van der Waals surface area contributed by atoms with E-state index in [1.54, 1.807) is 6.20 Å². The first-order valence-electron chi connectivity index (χ1n) is 6.44. The van der Waals surface area contributed by atoms with Gasteiger partial charge in [0.05, 0.1) is 5.69 Å². The smallest absolute Gasteiger partial charge is 0.0727 e. The third-order valence-electron chi connectivity index (χ3n) is 3.59. The zero-order valence-corrected chi connectivity index (χ0v) is 11.4. The molecule has 0 saturated carbocycles. The zero-order valence-electron chi connectivity index (χ0n) is 11.4. The van der Waals surface area contributed by atoms with E-state index in [4.69, 9.17) is 4.98 Å². The normalized spacial score (nSPS) is 10.9. The Morgan fingerprint density at radius 3 is 2.47 bits per heavy atom.